The molecule has 3 N–H and O–H groups in total. The molecule has 0 heterocycles. The Morgan fingerprint density at radius 3 is 2.32 bits per heavy atom. The van der Waals surface area contributed by atoms with Crippen LogP contribution in [-0.2, 0) is 23.9 Å². The van der Waals surface area contributed by atoms with Gasteiger partial charge in [0.15, 0.2) is 0 Å². The van der Waals surface area contributed by atoms with Crippen molar-refractivity contribution in [3.8, 4) is 0 Å². The number of hydrogen-bond donors (Lipinski definition) is 3. The van der Waals surface area contributed by atoms with Crippen LogP contribution < -0.4 is 10.6 Å². The molecule has 22 heavy (non-hydrogen) atoms. The molecule has 0 aromatic carbocycles. The molecular weight excluding hydrogens is 292 g/mol. The van der Waals surface area contributed by atoms with Crippen molar-refractivity contribution in [3.63, 3.8) is 0 Å². The summed E-state index contributed by atoms with van der Waals surface area (Å²) in [5.41, 5.74) is 0. The van der Waals surface area contributed by atoms with Gasteiger partial charge in [-0.2, -0.15) is 0 Å². The van der Waals surface area contributed by atoms with E-state index in [9.17, 15) is 14.4 Å². The molecule has 0 saturated heterocycles. The number of aliphatic carboxylic acids is 1. The lowest BCUT2D eigenvalue weighted by molar-refractivity contribution is -0.138. The van der Waals surface area contributed by atoms with Crippen LogP contribution in [0.25, 0.3) is 0 Å². The molecule has 0 aliphatic rings. The zero-order valence-corrected chi connectivity index (χ0v) is 12.8. The van der Waals surface area contributed by atoms with E-state index in [1.54, 1.807) is 0 Å². The normalized spacial score (nSPS) is 10.2. The molecule has 0 saturated carbocycles. The minimum Gasteiger partial charge on any atom is -0.481 e. The summed E-state index contributed by atoms with van der Waals surface area (Å²) >= 11 is 0. The Labute approximate surface area is 130 Å². The van der Waals surface area contributed by atoms with E-state index in [4.69, 9.17) is 14.6 Å². The van der Waals surface area contributed by atoms with Crippen LogP contribution in [0.5, 0.6) is 0 Å². The van der Waals surface area contributed by atoms with Crippen LogP contribution >= 0.6 is 0 Å². The molecule has 8 heteroatoms. The first-order chi connectivity index (χ1) is 10.7. The maximum Gasteiger partial charge on any atom is 0.305 e. The number of carbonyl (C=O) groups is 3. The minimum atomic E-state index is -0.886. The molecule has 128 valence electrons. The van der Waals surface area contributed by atoms with Crippen molar-refractivity contribution in [1.82, 2.24) is 10.6 Å². The number of carboxylic acid groups (broad SMARTS) is 1. The average Bonchev–Trinajstić information content (AvgIpc) is 2.48. The van der Waals surface area contributed by atoms with E-state index in [2.05, 4.69) is 10.6 Å². The number of rotatable bonds is 16. The smallest absolute Gasteiger partial charge is 0.305 e. The fourth-order valence-electron chi connectivity index (χ4n) is 1.58. The van der Waals surface area contributed by atoms with Crippen molar-refractivity contribution in [2.75, 3.05) is 39.5 Å². The summed E-state index contributed by atoms with van der Waals surface area (Å²) in [6.45, 7) is 2.39. The van der Waals surface area contributed by atoms with Crippen LogP contribution in [0.4, 0.5) is 0 Å². The molecule has 8 nitrogen and oxygen atoms in total. The maximum atomic E-state index is 11.5. The number of ether oxygens (including phenoxy) is 2. The molecule has 0 aliphatic heterocycles. The highest BCUT2D eigenvalue weighted by molar-refractivity contribution is 5.75. The van der Waals surface area contributed by atoms with E-state index < -0.39 is 5.97 Å². The van der Waals surface area contributed by atoms with Gasteiger partial charge in [0.2, 0.25) is 12.3 Å². The first-order valence-electron chi connectivity index (χ1n) is 7.48. The molecule has 0 aliphatic carbocycles. The molecule has 0 atom stereocenters. The number of hydrogen-bond acceptors (Lipinski definition) is 5. The Balaban J connectivity index is 3.18. The van der Waals surface area contributed by atoms with Gasteiger partial charge in [0.25, 0.3) is 0 Å². The van der Waals surface area contributed by atoms with Gasteiger partial charge in [-0.25, -0.2) is 0 Å². The van der Waals surface area contributed by atoms with Gasteiger partial charge < -0.3 is 25.2 Å². The third-order valence-electron chi connectivity index (χ3n) is 2.71. The standard InChI is InChI=1S/C14H26N2O6/c17-12-15-6-3-1-2-4-13(18)16-7-9-22-11-10-21-8-5-14(19)20/h12H,1-11H2,(H,15,17)(H,16,18)(H,19,20). The van der Waals surface area contributed by atoms with E-state index in [1.807, 2.05) is 0 Å². The highest BCUT2D eigenvalue weighted by Gasteiger charge is 2.00. The van der Waals surface area contributed by atoms with Crippen LogP contribution in [0.1, 0.15) is 32.1 Å². The van der Waals surface area contributed by atoms with Gasteiger partial charge >= 0.3 is 5.97 Å². The molecule has 0 bridgehead atoms. The van der Waals surface area contributed by atoms with Crippen molar-refractivity contribution in [3.05, 3.63) is 0 Å². The minimum absolute atomic E-state index is 0.00958. The van der Waals surface area contributed by atoms with Crippen molar-refractivity contribution in [1.29, 1.82) is 0 Å². The zero-order valence-electron chi connectivity index (χ0n) is 12.8. The number of carboxylic acids is 1. The fourth-order valence-corrected chi connectivity index (χ4v) is 1.58. The highest BCUT2D eigenvalue weighted by Crippen LogP contribution is 1.98. The lowest BCUT2D eigenvalue weighted by Crippen LogP contribution is -2.27. The number of unbranched alkanes of at least 4 members (excludes halogenated alkanes) is 2. The summed E-state index contributed by atoms with van der Waals surface area (Å²) in [5, 5.41) is 13.7. The highest BCUT2D eigenvalue weighted by atomic mass is 16.5. The monoisotopic (exact) mass is 318 g/mol. The molecule has 0 spiro atoms. The Bertz CT molecular complexity index is 312. The van der Waals surface area contributed by atoms with E-state index in [1.165, 1.54) is 0 Å². The zero-order chi connectivity index (χ0) is 16.5. The number of nitrogens with one attached hydrogen (secondary N) is 2. The Morgan fingerprint density at radius 2 is 1.64 bits per heavy atom. The molecule has 0 radical (unpaired) electrons. The molecule has 0 rings (SSSR count). The second-order valence-corrected chi connectivity index (χ2v) is 4.60. The predicted octanol–water partition coefficient (Wildman–Crippen LogP) is -0.0831. The molecule has 0 unspecified atom stereocenters. The third-order valence-corrected chi connectivity index (χ3v) is 2.71. The van der Waals surface area contributed by atoms with Crippen LogP contribution in [0.3, 0.4) is 0 Å². The fraction of sp³-hybridized carbons (Fsp3) is 0.786. The Hall–Kier alpha value is -1.67. The van der Waals surface area contributed by atoms with Gasteiger partial charge in [-0.3, -0.25) is 14.4 Å². The van der Waals surface area contributed by atoms with Crippen LogP contribution in [0, 0.1) is 0 Å². The largest absolute Gasteiger partial charge is 0.481 e. The van der Waals surface area contributed by atoms with Gasteiger partial charge in [0, 0.05) is 19.5 Å². The van der Waals surface area contributed by atoms with Gasteiger partial charge in [0.05, 0.1) is 32.8 Å². The molecule has 0 fully saturated rings. The van der Waals surface area contributed by atoms with E-state index >= 15 is 0 Å². The SMILES string of the molecule is O=CNCCCCCC(=O)NCCOCCOCCC(=O)O. The molecule has 0 aromatic heterocycles. The van der Waals surface area contributed by atoms with Crippen molar-refractivity contribution in [2.45, 2.75) is 32.1 Å². The van der Waals surface area contributed by atoms with Gasteiger partial charge in [-0.05, 0) is 12.8 Å². The van der Waals surface area contributed by atoms with E-state index in [0.29, 0.717) is 45.7 Å². The second-order valence-electron chi connectivity index (χ2n) is 4.60. The molecule has 0 aromatic rings. The quantitative estimate of drug-likeness (QED) is 0.271. The van der Waals surface area contributed by atoms with Crippen LogP contribution in [-0.4, -0.2) is 62.9 Å². The van der Waals surface area contributed by atoms with Crippen molar-refractivity contribution < 1.29 is 29.0 Å². The van der Waals surface area contributed by atoms with Gasteiger partial charge in [0.1, 0.15) is 0 Å². The van der Waals surface area contributed by atoms with Gasteiger partial charge in [-0.1, -0.05) is 6.42 Å². The first kappa shape index (κ1) is 20.3. The third kappa shape index (κ3) is 16.4. The lowest BCUT2D eigenvalue weighted by Gasteiger charge is -2.07. The number of carbonyl (C=O) groups excluding carboxylic acids is 2. The number of amides is 2. The predicted molar refractivity (Wildman–Crippen MR) is 79.4 cm³/mol. The van der Waals surface area contributed by atoms with Crippen molar-refractivity contribution in [2.24, 2.45) is 0 Å². The maximum absolute atomic E-state index is 11.5. The van der Waals surface area contributed by atoms with Crippen LogP contribution in [0.2, 0.25) is 0 Å². The first-order valence-corrected chi connectivity index (χ1v) is 7.48. The van der Waals surface area contributed by atoms with Gasteiger partial charge in [-0.15, -0.1) is 0 Å². The summed E-state index contributed by atoms with van der Waals surface area (Å²) in [6, 6.07) is 0. The summed E-state index contributed by atoms with van der Waals surface area (Å²) in [7, 11) is 0. The lowest BCUT2D eigenvalue weighted by atomic mass is 10.2. The average molecular weight is 318 g/mol. The second kappa shape index (κ2) is 15.7. The molecule has 2 amide bonds. The van der Waals surface area contributed by atoms with E-state index in [-0.39, 0.29) is 18.9 Å². The molecular formula is C14H26N2O6. The van der Waals surface area contributed by atoms with Crippen molar-refractivity contribution >= 4 is 18.3 Å². The Morgan fingerprint density at radius 1 is 0.909 bits per heavy atom. The summed E-state index contributed by atoms with van der Waals surface area (Å²) in [4.78, 5) is 31.7. The van der Waals surface area contributed by atoms with Crippen LogP contribution in [0.15, 0.2) is 0 Å². The summed E-state index contributed by atoms with van der Waals surface area (Å²) in [5.74, 6) is -0.895. The van der Waals surface area contributed by atoms with E-state index in [0.717, 1.165) is 19.3 Å². The summed E-state index contributed by atoms with van der Waals surface area (Å²) < 4.78 is 10.3. The summed E-state index contributed by atoms with van der Waals surface area (Å²) in [6.07, 6.45) is 3.70. The topological polar surface area (TPSA) is 114 Å². The Kier molecular flexibility index (Phi) is 14.5.